The van der Waals surface area contributed by atoms with Crippen LogP contribution in [0.3, 0.4) is 0 Å². The lowest BCUT2D eigenvalue weighted by Gasteiger charge is -2.37. The van der Waals surface area contributed by atoms with Crippen LogP contribution in [0.5, 0.6) is 0 Å². The normalized spacial score (nSPS) is 26.1. The number of nitrogens with zero attached hydrogens (tertiary/aromatic N) is 4. The topological polar surface area (TPSA) is 50.6 Å². The van der Waals surface area contributed by atoms with Crippen LogP contribution in [0.4, 0.5) is 0 Å². The zero-order valence-corrected chi connectivity index (χ0v) is 15.9. The molecule has 2 unspecified atom stereocenters. The number of morpholine rings is 1. The summed E-state index contributed by atoms with van der Waals surface area (Å²) in [5, 5.41) is 0. The van der Waals surface area contributed by atoms with Gasteiger partial charge in [0, 0.05) is 38.4 Å². The van der Waals surface area contributed by atoms with Crippen LogP contribution in [-0.2, 0) is 22.5 Å². The summed E-state index contributed by atoms with van der Waals surface area (Å²) in [4.78, 5) is 21.3. The number of hydrogen-bond donors (Lipinski definition) is 0. The van der Waals surface area contributed by atoms with Crippen LogP contribution in [0, 0.1) is 5.92 Å². The Balaban J connectivity index is 1.44. The highest BCUT2D eigenvalue weighted by Crippen LogP contribution is 2.20. The highest BCUT2D eigenvalue weighted by molar-refractivity contribution is 5.78. The number of piperidine rings is 1. The molecule has 0 aromatic carbocycles. The molecule has 0 bridgehead atoms. The Kier molecular flexibility index (Phi) is 6.12. The average Bonchev–Trinajstić information content (AvgIpc) is 3.03. The molecule has 0 aliphatic carbocycles. The fourth-order valence-corrected chi connectivity index (χ4v) is 4.10. The number of carbonyl (C=O) groups is 1. The fourth-order valence-electron chi connectivity index (χ4n) is 4.10. The number of likely N-dealkylation sites (tertiary alicyclic amines) is 1. The van der Waals surface area contributed by atoms with Crippen LogP contribution >= 0.6 is 0 Å². The Bertz CT molecular complexity index is 556. The first-order valence-electron chi connectivity index (χ1n) is 9.70. The Hall–Kier alpha value is -1.40. The summed E-state index contributed by atoms with van der Waals surface area (Å²) >= 11 is 0. The van der Waals surface area contributed by atoms with Crippen LogP contribution in [0.15, 0.2) is 12.4 Å². The van der Waals surface area contributed by atoms with Gasteiger partial charge < -0.3 is 14.2 Å². The Morgan fingerprint density at radius 3 is 2.56 bits per heavy atom. The number of aryl methyl sites for hydroxylation is 1. The number of rotatable bonds is 5. The predicted octanol–water partition coefficient (Wildman–Crippen LogP) is 1.79. The third-order valence-electron chi connectivity index (χ3n) is 5.41. The largest absolute Gasteiger partial charge is 0.372 e. The second kappa shape index (κ2) is 8.32. The van der Waals surface area contributed by atoms with E-state index >= 15 is 0 Å². The monoisotopic (exact) mass is 348 g/mol. The van der Waals surface area contributed by atoms with Gasteiger partial charge in [0.25, 0.3) is 0 Å². The van der Waals surface area contributed by atoms with Crippen molar-refractivity contribution in [3.8, 4) is 0 Å². The molecule has 6 nitrogen and oxygen atoms in total. The standard InChI is InChI=1S/C19H32N4O2/c1-4-18-20-7-10-22(18)13-17-5-8-21(9-6-17)14-19(24)23-11-15(2)25-16(3)12-23/h7,10,15-17H,4-6,8-9,11-14H2,1-3H3. The molecule has 25 heavy (non-hydrogen) atoms. The molecule has 2 saturated heterocycles. The van der Waals surface area contributed by atoms with Crippen molar-refractivity contribution < 1.29 is 9.53 Å². The van der Waals surface area contributed by atoms with Crippen LogP contribution in [0.1, 0.15) is 39.4 Å². The third-order valence-corrected chi connectivity index (χ3v) is 5.41. The number of hydrogen-bond acceptors (Lipinski definition) is 4. The minimum atomic E-state index is 0.140. The van der Waals surface area contributed by atoms with E-state index in [1.807, 2.05) is 24.9 Å². The third kappa shape index (κ3) is 4.82. The van der Waals surface area contributed by atoms with Crippen molar-refractivity contribution in [2.75, 3.05) is 32.7 Å². The lowest BCUT2D eigenvalue weighted by molar-refractivity contribution is -0.144. The second-order valence-corrected chi connectivity index (χ2v) is 7.62. The first-order chi connectivity index (χ1) is 12.0. The molecule has 0 saturated carbocycles. The molecule has 6 heteroatoms. The minimum Gasteiger partial charge on any atom is -0.372 e. The molecule has 0 N–H and O–H groups in total. The van der Waals surface area contributed by atoms with Crippen molar-refractivity contribution in [2.45, 2.75) is 58.8 Å². The van der Waals surface area contributed by atoms with Crippen molar-refractivity contribution in [3.63, 3.8) is 0 Å². The van der Waals surface area contributed by atoms with E-state index in [0.717, 1.165) is 52.0 Å². The zero-order chi connectivity index (χ0) is 17.8. The zero-order valence-electron chi connectivity index (χ0n) is 15.9. The quantitative estimate of drug-likeness (QED) is 0.814. The van der Waals surface area contributed by atoms with Crippen LogP contribution in [-0.4, -0.2) is 70.2 Å². The van der Waals surface area contributed by atoms with Crippen molar-refractivity contribution in [1.29, 1.82) is 0 Å². The van der Waals surface area contributed by atoms with Crippen molar-refractivity contribution in [1.82, 2.24) is 19.4 Å². The van der Waals surface area contributed by atoms with Gasteiger partial charge in [-0.25, -0.2) is 4.98 Å². The minimum absolute atomic E-state index is 0.140. The Morgan fingerprint density at radius 2 is 1.92 bits per heavy atom. The average molecular weight is 348 g/mol. The summed E-state index contributed by atoms with van der Waals surface area (Å²) < 4.78 is 8.02. The van der Waals surface area contributed by atoms with Crippen LogP contribution < -0.4 is 0 Å². The lowest BCUT2D eigenvalue weighted by atomic mass is 9.96. The summed E-state index contributed by atoms with van der Waals surface area (Å²) in [7, 11) is 0. The van der Waals surface area contributed by atoms with Gasteiger partial charge in [-0.15, -0.1) is 0 Å². The predicted molar refractivity (Wildman–Crippen MR) is 97.4 cm³/mol. The highest BCUT2D eigenvalue weighted by Gasteiger charge is 2.28. The van der Waals surface area contributed by atoms with Gasteiger partial charge >= 0.3 is 0 Å². The van der Waals surface area contributed by atoms with E-state index in [4.69, 9.17) is 4.74 Å². The van der Waals surface area contributed by atoms with Crippen LogP contribution in [0.2, 0.25) is 0 Å². The first-order valence-corrected chi connectivity index (χ1v) is 9.70. The smallest absolute Gasteiger partial charge is 0.236 e. The molecule has 2 aliphatic rings. The molecule has 2 fully saturated rings. The van der Waals surface area contributed by atoms with E-state index in [-0.39, 0.29) is 18.1 Å². The number of imidazole rings is 1. The van der Waals surface area contributed by atoms with Gasteiger partial charge in [0.2, 0.25) is 5.91 Å². The number of aromatic nitrogens is 2. The van der Waals surface area contributed by atoms with Gasteiger partial charge in [0.1, 0.15) is 5.82 Å². The molecule has 1 amide bonds. The molecule has 1 aromatic heterocycles. The number of ether oxygens (including phenoxy) is 1. The molecule has 1 aromatic rings. The summed E-state index contributed by atoms with van der Waals surface area (Å²) in [6, 6.07) is 0. The number of amides is 1. The highest BCUT2D eigenvalue weighted by atomic mass is 16.5. The van der Waals surface area contributed by atoms with Crippen molar-refractivity contribution in [3.05, 3.63) is 18.2 Å². The van der Waals surface area contributed by atoms with E-state index in [1.54, 1.807) is 0 Å². The van der Waals surface area contributed by atoms with Gasteiger partial charge in [0.15, 0.2) is 0 Å². The first kappa shape index (κ1) is 18.4. The summed E-state index contributed by atoms with van der Waals surface area (Å²) in [6.45, 7) is 11.3. The molecule has 3 heterocycles. The van der Waals surface area contributed by atoms with Gasteiger partial charge in [-0.05, 0) is 45.7 Å². The van der Waals surface area contributed by atoms with E-state index in [0.29, 0.717) is 12.5 Å². The van der Waals surface area contributed by atoms with Crippen LogP contribution in [0.25, 0.3) is 0 Å². The molecular formula is C19H32N4O2. The molecule has 0 radical (unpaired) electrons. The van der Waals surface area contributed by atoms with Crippen molar-refractivity contribution >= 4 is 5.91 Å². The second-order valence-electron chi connectivity index (χ2n) is 7.62. The summed E-state index contributed by atoms with van der Waals surface area (Å²) in [6.07, 6.45) is 7.57. The maximum absolute atomic E-state index is 12.6. The molecule has 140 valence electrons. The maximum Gasteiger partial charge on any atom is 0.236 e. The molecule has 3 rings (SSSR count). The summed E-state index contributed by atoms with van der Waals surface area (Å²) in [5.74, 6) is 2.12. The van der Waals surface area contributed by atoms with Gasteiger partial charge in [-0.3, -0.25) is 9.69 Å². The molecule has 2 atom stereocenters. The fraction of sp³-hybridized carbons (Fsp3) is 0.789. The molecular weight excluding hydrogens is 316 g/mol. The SMILES string of the molecule is CCc1nccn1CC1CCN(CC(=O)N2CC(C)OC(C)C2)CC1. The van der Waals surface area contributed by atoms with E-state index < -0.39 is 0 Å². The summed E-state index contributed by atoms with van der Waals surface area (Å²) in [5.41, 5.74) is 0. The van der Waals surface area contributed by atoms with E-state index in [1.165, 1.54) is 5.82 Å². The maximum atomic E-state index is 12.6. The van der Waals surface area contributed by atoms with E-state index in [9.17, 15) is 4.79 Å². The van der Waals surface area contributed by atoms with Crippen molar-refractivity contribution in [2.24, 2.45) is 5.92 Å². The van der Waals surface area contributed by atoms with Gasteiger partial charge in [-0.2, -0.15) is 0 Å². The Labute approximate surface area is 151 Å². The lowest BCUT2D eigenvalue weighted by Crippen LogP contribution is -2.51. The Morgan fingerprint density at radius 1 is 1.24 bits per heavy atom. The number of carbonyl (C=O) groups excluding carboxylic acids is 1. The van der Waals surface area contributed by atoms with E-state index in [2.05, 4.69) is 27.6 Å². The molecule has 0 spiro atoms. The van der Waals surface area contributed by atoms with Gasteiger partial charge in [0.05, 0.1) is 18.8 Å². The molecule has 2 aliphatic heterocycles. The van der Waals surface area contributed by atoms with Gasteiger partial charge in [-0.1, -0.05) is 6.92 Å².